The van der Waals surface area contributed by atoms with Crippen LogP contribution >= 0.6 is 0 Å². The minimum Gasteiger partial charge on any atom is -0.264 e. The molecule has 0 unspecified atom stereocenters. The van der Waals surface area contributed by atoms with Crippen molar-refractivity contribution in [3.05, 3.63) is 30.3 Å². The Labute approximate surface area is 92.7 Å². The Morgan fingerprint density at radius 3 is 1.69 bits per heavy atom. The lowest BCUT2D eigenvalue weighted by Gasteiger charge is -1.99. The van der Waals surface area contributed by atoms with E-state index >= 15 is 0 Å². The molecule has 8 nitrogen and oxygen atoms in total. The number of nitrogens with one attached hydrogen (secondary N) is 1. The first-order chi connectivity index (χ1) is 7.17. The quantitative estimate of drug-likeness (QED) is 0.312. The van der Waals surface area contributed by atoms with Crippen LogP contribution < -0.4 is 10.7 Å². The maximum Gasteiger partial charge on any atom is 0.394 e. The minimum absolute atomic E-state index is 0.169. The van der Waals surface area contributed by atoms with Crippen molar-refractivity contribution >= 4 is 20.4 Å². The van der Waals surface area contributed by atoms with Gasteiger partial charge in [0, 0.05) is 0 Å². The average Bonchev–Trinajstić information content (AvgIpc) is 2.17. The highest BCUT2D eigenvalue weighted by Gasteiger charge is 2.08. The maximum absolute atomic E-state index is 11.0. The van der Waals surface area contributed by atoms with Crippen molar-refractivity contribution < 1.29 is 25.9 Å². The summed E-state index contributed by atoms with van der Waals surface area (Å²) in [4.78, 5) is 1.90. The van der Waals surface area contributed by atoms with Gasteiger partial charge in [0.05, 0.1) is 4.90 Å². The molecular weight excluding hydrogens is 260 g/mol. The Bertz CT molecular complexity index is 501. The standard InChI is InChI=1S/C6H8N2O2S.H2O4S/c7-8-11(9,10)6-4-2-1-3-5-6;1-5(2,3)4/h1-5,8H,7H2;(H2,1,2,3,4). The molecule has 1 aromatic rings. The number of hydrogen-bond acceptors (Lipinski definition) is 5. The van der Waals surface area contributed by atoms with Crippen LogP contribution in [0.2, 0.25) is 0 Å². The van der Waals surface area contributed by atoms with Crippen LogP contribution in [0.15, 0.2) is 35.2 Å². The number of hydrogen-bond donors (Lipinski definition) is 4. The van der Waals surface area contributed by atoms with E-state index in [0.717, 1.165) is 0 Å². The molecule has 0 heterocycles. The molecule has 1 aromatic carbocycles. The summed E-state index contributed by atoms with van der Waals surface area (Å²) in [6.07, 6.45) is 0. The van der Waals surface area contributed by atoms with Gasteiger partial charge in [-0.2, -0.15) is 13.2 Å². The van der Waals surface area contributed by atoms with Gasteiger partial charge in [0.1, 0.15) is 0 Å². The van der Waals surface area contributed by atoms with Gasteiger partial charge in [-0.05, 0) is 12.1 Å². The minimum atomic E-state index is -4.67. The summed E-state index contributed by atoms with van der Waals surface area (Å²) < 4.78 is 53.5. The zero-order chi connectivity index (χ0) is 12.8. The maximum atomic E-state index is 11.0. The van der Waals surface area contributed by atoms with Crippen LogP contribution in [0.1, 0.15) is 0 Å². The smallest absolute Gasteiger partial charge is 0.264 e. The molecule has 0 radical (unpaired) electrons. The van der Waals surface area contributed by atoms with E-state index in [0.29, 0.717) is 0 Å². The average molecular weight is 270 g/mol. The molecule has 1 rings (SSSR count). The summed E-state index contributed by atoms with van der Waals surface area (Å²) in [6, 6.07) is 7.92. The highest BCUT2D eigenvalue weighted by Crippen LogP contribution is 2.04. The van der Waals surface area contributed by atoms with E-state index in [1.807, 2.05) is 0 Å². The number of nitrogens with two attached hydrogens (primary N) is 1. The van der Waals surface area contributed by atoms with E-state index in [1.165, 1.54) is 12.1 Å². The van der Waals surface area contributed by atoms with E-state index in [9.17, 15) is 8.42 Å². The van der Waals surface area contributed by atoms with E-state index in [4.69, 9.17) is 23.4 Å². The molecular formula is C6H10N2O6S2. The van der Waals surface area contributed by atoms with Crippen LogP contribution in [0.4, 0.5) is 0 Å². The molecule has 16 heavy (non-hydrogen) atoms. The summed E-state index contributed by atoms with van der Waals surface area (Å²) >= 11 is 0. The predicted octanol–water partition coefficient (Wildman–Crippen LogP) is -0.814. The number of hydrazine groups is 1. The molecule has 0 aliphatic rings. The Morgan fingerprint density at radius 2 is 1.38 bits per heavy atom. The zero-order valence-corrected chi connectivity index (χ0v) is 9.44. The second-order valence-corrected chi connectivity index (χ2v) is 4.99. The highest BCUT2D eigenvalue weighted by molar-refractivity contribution is 7.89. The van der Waals surface area contributed by atoms with Crippen molar-refractivity contribution in [1.29, 1.82) is 0 Å². The molecule has 0 atom stereocenters. The molecule has 0 fully saturated rings. The Morgan fingerprint density at radius 1 is 1.00 bits per heavy atom. The summed E-state index contributed by atoms with van der Waals surface area (Å²) in [5, 5.41) is 0. The van der Waals surface area contributed by atoms with Crippen LogP contribution in [-0.2, 0) is 20.4 Å². The fraction of sp³-hybridized carbons (Fsp3) is 0. The Balaban J connectivity index is 0.000000385. The molecule has 0 saturated carbocycles. The van der Waals surface area contributed by atoms with Crippen molar-refractivity contribution in [3.63, 3.8) is 0 Å². The monoisotopic (exact) mass is 270 g/mol. The summed E-state index contributed by atoms with van der Waals surface area (Å²) in [7, 11) is -8.14. The van der Waals surface area contributed by atoms with Crippen LogP contribution in [0, 0.1) is 0 Å². The van der Waals surface area contributed by atoms with Gasteiger partial charge in [0.15, 0.2) is 0 Å². The van der Waals surface area contributed by atoms with Gasteiger partial charge in [0.2, 0.25) is 0 Å². The first-order valence-electron chi connectivity index (χ1n) is 3.64. The highest BCUT2D eigenvalue weighted by atomic mass is 32.3. The Hall–Kier alpha value is -1.04. The van der Waals surface area contributed by atoms with Crippen LogP contribution in [-0.4, -0.2) is 25.9 Å². The third-order valence-corrected chi connectivity index (χ3v) is 2.41. The van der Waals surface area contributed by atoms with Crippen molar-refractivity contribution in [2.75, 3.05) is 0 Å². The molecule has 5 N–H and O–H groups in total. The second-order valence-electron chi connectivity index (χ2n) is 2.38. The van der Waals surface area contributed by atoms with Crippen molar-refractivity contribution in [2.45, 2.75) is 4.90 Å². The van der Waals surface area contributed by atoms with Crippen LogP contribution in [0.5, 0.6) is 0 Å². The van der Waals surface area contributed by atoms with Gasteiger partial charge in [0.25, 0.3) is 10.0 Å². The fourth-order valence-corrected chi connectivity index (χ4v) is 1.32. The predicted molar refractivity (Wildman–Crippen MR) is 55.1 cm³/mol. The van der Waals surface area contributed by atoms with Gasteiger partial charge in [-0.15, -0.1) is 0 Å². The van der Waals surface area contributed by atoms with Gasteiger partial charge in [-0.25, -0.2) is 8.42 Å². The first-order valence-corrected chi connectivity index (χ1v) is 6.52. The lowest BCUT2D eigenvalue weighted by atomic mass is 10.4. The molecule has 0 bridgehead atoms. The molecule has 0 aliphatic carbocycles. The molecule has 0 aromatic heterocycles. The topological polar surface area (TPSA) is 147 Å². The molecule has 0 amide bonds. The summed E-state index contributed by atoms with van der Waals surface area (Å²) in [5.74, 6) is 4.80. The van der Waals surface area contributed by atoms with Crippen LogP contribution in [0.25, 0.3) is 0 Å². The van der Waals surface area contributed by atoms with E-state index in [2.05, 4.69) is 0 Å². The van der Waals surface area contributed by atoms with Crippen LogP contribution in [0.3, 0.4) is 0 Å². The summed E-state index contributed by atoms with van der Waals surface area (Å²) in [5.41, 5.74) is 0. The molecule has 0 saturated heterocycles. The first kappa shape index (κ1) is 15.0. The van der Waals surface area contributed by atoms with E-state index in [-0.39, 0.29) is 4.90 Å². The molecule has 0 aliphatic heterocycles. The van der Waals surface area contributed by atoms with Gasteiger partial charge < -0.3 is 0 Å². The van der Waals surface area contributed by atoms with Crippen molar-refractivity contribution in [2.24, 2.45) is 5.84 Å². The lowest BCUT2D eigenvalue weighted by Crippen LogP contribution is -2.30. The number of benzene rings is 1. The molecule has 92 valence electrons. The lowest BCUT2D eigenvalue weighted by molar-refractivity contribution is 0.381. The summed E-state index contributed by atoms with van der Waals surface area (Å²) in [6.45, 7) is 0. The zero-order valence-electron chi connectivity index (χ0n) is 7.81. The fourth-order valence-electron chi connectivity index (χ4n) is 0.668. The van der Waals surface area contributed by atoms with Crippen molar-refractivity contribution in [1.82, 2.24) is 4.83 Å². The normalized spacial score (nSPS) is 11.4. The number of sulfonamides is 1. The van der Waals surface area contributed by atoms with Crippen molar-refractivity contribution in [3.8, 4) is 0 Å². The van der Waals surface area contributed by atoms with Gasteiger partial charge >= 0.3 is 10.4 Å². The third-order valence-electron chi connectivity index (χ3n) is 1.21. The largest absolute Gasteiger partial charge is 0.394 e. The molecule has 10 heteroatoms. The van der Waals surface area contributed by atoms with E-state index in [1.54, 1.807) is 23.0 Å². The van der Waals surface area contributed by atoms with Gasteiger partial charge in [-0.3, -0.25) is 14.9 Å². The third kappa shape index (κ3) is 7.28. The SMILES string of the molecule is NNS(=O)(=O)c1ccccc1.O=S(=O)(O)O. The van der Waals surface area contributed by atoms with Gasteiger partial charge in [-0.1, -0.05) is 18.2 Å². The second kappa shape index (κ2) is 5.89. The number of rotatable bonds is 2. The molecule has 0 spiro atoms. The Kier molecular flexibility index (Phi) is 5.50. The van der Waals surface area contributed by atoms with E-state index < -0.39 is 20.4 Å².